The summed E-state index contributed by atoms with van der Waals surface area (Å²) in [5.74, 6) is -0.378. The van der Waals surface area contributed by atoms with Gasteiger partial charge in [0.05, 0.1) is 14.2 Å². The summed E-state index contributed by atoms with van der Waals surface area (Å²) in [7, 11) is 4.55. The predicted octanol–water partition coefficient (Wildman–Crippen LogP) is 4.99. The Bertz CT molecular complexity index is 931. The molecule has 0 unspecified atom stereocenters. The summed E-state index contributed by atoms with van der Waals surface area (Å²) in [6.45, 7) is 0. The van der Waals surface area contributed by atoms with Gasteiger partial charge in [0.25, 0.3) is 0 Å². The molecule has 31 heavy (non-hydrogen) atoms. The van der Waals surface area contributed by atoms with Crippen molar-refractivity contribution in [1.82, 2.24) is 5.32 Å². The molecular weight excluding hydrogens is 392 g/mol. The highest BCUT2D eigenvalue weighted by molar-refractivity contribution is 5.93. The molecule has 0 saturated heterocycles. The Morgan fingerprint density at radius 2 is 1.68 bits per heavy atom. The Labute approximate surface area is 183 Å². The van der Waals surface area contributed by atoms with E-state index in [-0.39, 0.29) is 17.8 Å². The molecule has 6 nitrogen and oxygen atoms in total. The topological polar surface area (TPSA) is 67.9 Å². The first-order valence-corrected chi connectivity index (χ1v) is 10.6. The second-order valence-electron chi connectivity index (χ2n) is 7.72. The maximum Gasteiger partial charge on any atom is 0.373 e. The van der Waals surface area contributed by atoms with Crippen molar-refractivity contribution in [1.29, 1.82) is 0 Å². The lowest BCUT2D eigenvalue weighted by molar-refractivity contribution is -0.139. The maximum absolute atomic E-state index is 12.7. The van der Waals surface area contributed by atoms with Gasteiger partial charge in [0, 0.05) is 18.8 Å². The van der Waals surface area contributed by atoms with Crippen molar-refractivity contribution in [3.05, 3.63) is 59.9 Å². The van der Waals surface area contributed by atoms with Gasteiger partial charge in [-0.2, -0.15) is 0 Å². The minimum absolute atomic E-state index is 0.0700. The lowest BCUT2D eigenvalue weighted by atomic mass is 9.96. The van der Waals surface area contributed by atoms with Crippen molar-refractivity contribution in [2.75, 3.05) is 26.2 Å². The highest BCUT2D eigenvalue weighted by Crippen LogP contribution is 2.26. The smallest absolute Gasteiger partial charge is 0.373 e. The zero-order chi connectivity index (χ0) is 22.2. The van der Waals surface area contributed by atoms with E-state index in [1.807, 2.05) is 48.5 Å². The molecule has 1 N–H and O–H groups in total. The first-order valence-electron chi connectivity index (χ1n) is 10.6. The quantitative estimate of drug-likeness (QED) is 0.404. The first-order chi connectivity index (χ1) is 15.0. The van der Waals surface area contributed by atoms with E-state index in [9.17, 15) is 9.59 Å². The highest BCUT2D eigenvalue weighted by Gasteiger charge is 2.19. The maximum atomic E-state index is 12.7. The van der Waals surface area contributed by atoms with Crippen molar-refractivity contribution in [3.8, 4) is 11.1 Å². The summed E-state index contributed by atoms with van der Waals surface area (Å²) in [5.41, 5.74) is 3.68. The van der Waals surface area contributed by atoms with Crippen LogP contribution in [0.3, 0.4) is 0 Å². The van der Waals surface area contributed by atoms with E-state index in [1.54, 1.807) is 18.0 Å². The molecule has 1 aliphatic carbocycles. The third-order valence-electron chi connectivity index (χ3n) is 5.62. The number of urea groups is 1. The number of hydrogen-bond donors (Lipinski definition) is 1. The summed E-state index contributed by atoms with van der Waals surface area (Å²) >= 11 is 0. The number of rotatable bonds is 6. The molecule has 6 heteroatoms. The Balaban J connectivity index is 1.72. The van der Waals surface area contributed by atoms with Gasteiger partial charge in [-0.05, 0) is 47.7 Å². The zero-order valence-corrected chi connectivity index (χ0v) is 18.4. The highest BCUT2D eigenvalue weighted by atomic mass is 16.6. The number of methoxy groups -OCH3 is 2. The van der Waals surface area contributed by atoms with Gasteiger partial charge in [0.2, 0.25) is 5.76 Å². The molecule has 0 spiro atoms. The van der Waals surface area contributed by atoms with Gasteiger partial charge in [0.1, 0.15) is 0 Å². The van der Waals surface area contributed by atoms with Crippen molar-refractivity contribution < 1.29 is 19.1 Å². The van der Waals surface area contributed by atoms with Crippen LogP contribution < -0.4 is 10.2 Å². The minimum Gasteiger partial charge on any atom is -0.490 e. The van der Waals surface area contributed by atoms with Gasteiger partial charge >= 0.3 is 12.0 Å². The fourth-order valence-corrected chi connectivity index (χ4v) is 3.75. The van der Waals surface area contributed by atoms with Gasteiger partial charge in [-0.25, -0.2) is 9.59 Å². The van der Waals surface area contributed by atoms with E-state index >= 15 is 0 Å². The largest absolute Gasteiger partial charge is 0.490 e. The Hall–Kier alpha value is -3.28. The van der Waals surface area contributed by atoms with Crippen LogP contribution in [0.4, 0.5) is 10.5 Å². The van der Waals surface area contributed by atoms with Crippen molar-refractivity contribution in [2.45, 2.75) is 38.1 Å². The molecule has 0 heterocycles. The number of benzene rings is 2. The van der Waals surface area contributed by atoms with Crippen molar-refractivity contribution >= 4 is 23.8 Å². The van der Waals surface area contributed by atoms with Crippen LogP contribution in [0.5, 0.6) is 0 Å². The predicted molar refractivity (Wildman–Crippen MR) is 123 cm³/mol. The molecule has 0 radical (unpaired) electrons. The van der Waals surface area contributed by atoms with E-state index in [0.29, 0.717) is 0 Å². The molecule has 0 bridgehead atoms. The van der Waals surface area contributed by atoms with E-state index in [0.717, 1.165) is 35.2 Å². The monoisotopic (exact) mass is 422 g/mol. The van der Waals surface area contributed by atoms with Crippen LogP contribution in [0.1, 0.15) is 37.7 Å². The molecule has 1 fully saturated rings. The third kappa shape index (κ3) is 5.87. The molecule has 2 amide bonds. The Morgan fingerprint density at radius 1 is 0.968 bits per heavy atom. The lowest BCUT2D eigenvalue weighted by Gasteiger charge is -2.26. The van der Waals surface area contributed by atoms with E-state index in [1.165, 1.54) is 33.5 Å². The first kappa shape index (κ1) is 22.4. The molecule has 0 aromatic heterocycles. The average Bonchev–Trinajstić information content (AvgIpc) is 2.82. The number of nitrogens with one attached hydrogen (secondary N) is 1. The van der Waals surface area contributed by atoms with Crippen molar-refractivity contribution in [3.63, 3.8) is 0 Å². The third-order valence-corrected chi connectivity index (χ3v) is 5.62. The summed E-state index contributed by atoms with van der Waals surface area (Å²) < 4.78 is 9.79. The fourth-order valence-electron chi connectivity index (χ4n) is 3.75. The summed E-state index contributed by atoms with van der Waals surface area (Å²) in [6, 6.07) is 15.8. The molecule has 0 atom stereocenters. The minimum atomic E-state index is -0.520. The number of nitrogens with zero attached hydrogens (tertiary/aromatic N) is 1. The van der Waals surface area contributed by atoms with Gasteiger partial charge in [-0.15, -0.1) is 0 Å². The number of carbonyl (C=O) groups excluding carboxylic acids is 2. The van der Waals surface area contributed by atoms with Gasteiger partial charge in [-0.3, -0.25) is 4.90 Å². The Morgan fingerprint density at radius 3 is 2.32 bits per heavy atom. The molecule has 0 aliphatic heterocycles. The number of anilines is 1. The van der Waals surface area contributed by atoms with Crippen LogP contribution >= 0.6 is 0 Å². The standard InChI is InChI=1S/C25H30N2O4/c1-27(25(29)26-21-9-5-4-6-10-21)22-11-7-8-20(17-22)19-14-12-18(13-15-19)16-23(30-2)24(28)31-3/h7-8,11-17,21H,4-6,9-10H2,1-3H3,(H,26,29)/b23-16-. The molecular formula is C25H30N2O4. The SMILES string of the molecule is COC(=O)/C(=C/c1ccc(-c2cccc(N(C)C(=O)NC3CCCCC3)c2)cc1)OC. The second kappa shape index (κ2) is 10.7. The number of esters is 1. The van der Waals surface area contributed by atoms with Crippen LogP contribution in [0.2, 0.25) is 0 Å². The summed E-state index contributed by atoms with van der Waals surface area (Å²) in [4.78, 5) is 26.0. The molecule has 1 aliphatic rings. The van der Waals surface area contributed by atoms with Gasteiger partial charge in [-0.1, -0.05) is 55.7 Å². The molecule has 3 rings (SSSR count). The van der Waals surface area contributed by atoms with E-state index in [4.69, 9.17) is 9.47 Å². The Kier molecular flexibility index (Phi) is 7.70. The summed E-state index contributed by atoms with van der Waals surface area (Å²) in [6.07, 6.45) is 7.37. The van der Waals surface area contributed by atoms with Gasteiger partial charge in [0.15, 0.2) is 0 Å². The fraction of sp³-hybridized carbons (Fsp3) is 0.360. The number of ether oxygens (including phenoxy) is 2. The lowest BCUT2D eigenvalue weighted by Crippen LogP contribution is -2.43. The van der Waals surface area contributed by atoms with Crippen LogP contribution in [0.15, 0.2) is 54.3 Å². The van der Waals surface area contributed by atoms with Crippen LogP contribution in [-0.4, -0.2) is 39.3 Å². The van der Waals surface area contributed by atoms with E-state index < -0.39 is 5.97 Å². The number of carbonyl (C=O) groups is 2. The van der Waals surface area contributed by atoms with Crippen LogP contribution in [0.25, 0.3) is 17.2 Å². The van der Waals surface area contributed by atoms with Crippen LogP contribution in [-0.2, 0) is 14.3 Å². The van der Waals surface area contributed by atoms with E-state index in [2.05, 4.69) is 5.32 Å². The molecule has 1 saturated carbocycles. The summed E-state index contributed by atoms with van der Waals surface area (Å²) in [5, 5.41) is 3.15. The van der Waals surface area contributed by atoms with Gasteiger partial charge < -0.3 is 14.8 Å². The molecule has 2 aromatic carbocycles. The number of amides is 2. The normalized spacial score (nSPS) is 14.6. The second-order valence-corrected chi connectivity index (χ2v) is 7.72. The van der Waals surface area contributed by atoms with Crippen molar-refractivity contribution in [2.24, 2.45) is 0 Å². The van der Waals surface area contributed by atoms with Crippen LogP contribution in [0, 0.1) is 0 Å². The number of hydrogen-bond acceptors (Lipinski definition) is 4. The zero-order valence-electron chi connectivity index (χ0n) is 18.4. The molecule has 164 valence electrons. The average molecular weight is 423 g/mol. The molecule has 2 aromatic rings.